The van der Waals surface area contributed by atoms with Gasteiger partial charge in [-0.1, -0.05) is 30.3 Å². The number of ether oxygens (including phenoxy) is 1. The molecule has 90 valence electrons. The number of rotatable bonds is 7. The van der Waals surface area contributed by atoms with Gasteiger partial charge in [0.15, 0.2) is 0 Å². The lowest BCUT2D eigenvalue weighted by Crippen LogP contribution is -2.41. The molecule has 0 fully saturated rings. The molecule has 2 nitrogen and oxygen atoms in total. The van der Waals surface area contributed by atoms with Crippen molar-refractivity contribution in [3.05, 3.63) is 35.9 Å². The van der Waals surface area contributed by atoms with Gasteiger partial charge in [0, 0.05) is 11.4 Å². The fourth-order valence-corrected chi connectivity index (χ4v) is 1.73. The van der Waals surface area contributed by atoms with Crippen LogP contribution in [0.4, 0.5) is 0 Å². The first-order valence-corrected chi connectivity index (χ1v) is 6.17. The molecule has 0 amide bonds. The van der Waals surface area contributed by atoms with E-state index in [9.17, 15) is 0 Å². The second kappa shape index (κ2) is 6.89. The van der Waals surface area contributed by atoms with Crippen molar-refractivity contribution in [3.63, 3.8) is 0 Å². The Morgan fingerprint density at radius 3 is 2.44 bits per heavy atom. The predicted octanol–water partition coefficient (Wildman–Crippen LogP) is 2.52. The van der Waals surface area contributed by atoms with Gasteiger partial charge in [0.2, 0.25) is 0 Å². The molecule has 0 N–H and O–H groups in total. The predicted molar refractivity (Wildman–Crippen MR) is 68.7 cm³/mol. The maximum Gasteiger partial charge on any atom is 0.104 e. The molecule has 0 bridgehead atoms. The van der Waals surface area contributed by atoms with Gasteiger partial charge in [-0.2, -0.15) is 0 Å². The van der Waals surface area contributed by atoms with E-state index in [-0.39, 0.29) is 0 Å². The fourth-order valence-electron chi connectivity index (χ4n) is 1.63. The normalized spacial score (nSPS) is 11.7. The highest BCUT2D eigenvalue weighted by molar-refractivity contribution is 6.17. The maximum absolute atomic E-state index is 5.55. The van der Waals surface area contributed by atoms with E-state index in [0.717, 1.165) is 24.2 Å². The molecule has 0 atom stereocenters. The Balaban J connectivity index is 2.33. The highest BCUT2D eigenvalue weighted by atomic mass is 35.5. The lowest BCUT2D eigenvalue weighted by molar-refractivity contribution is -0.904. The Morgan fingerprint density at radius 1 is 1.12 bits per heavy atom. The van der Waals surface area contributed by atoms with E-state index in [1.54, 1.807) is 0 Å². The van der Waals surface area contributed by atoms with Crippen molar-refractivity contribution in [2.75, 3.05) is 39.7 Å². The molecular formula is C13H21ClNO+. The van der Waals surface area contributed by atoms with Crippen molar-refractivity contribution in [2.45, 2.75) is 6.54 Å². The van der Waals surface area contributed by atoms with E-state index in [4.69, 9.17) is 16.3 Å². The lowest BCUT2D eigenvalue weighted by Gasteiger charge is -2.29. The quantitative estimate of drug-likeness (QED) is 0.406. The number of quaternary nitrogens is 1. The van der Waals surface area contributed by atoms with Gasteiger partial charge in [-0.05, 0) is 0 Å². The Hall–Kier alpha value is -0.570. The summed E-state index contributed by atoms with van der Waals surface area (Å²) in [5.74, 6) is 0.576. The maximum atomic E-state index is 5.55. The second-order valence-electron chi connectivity index (χ2n) is 4.60. The highest BCUT2D eigenvalue weighted by Crippen LogP contribution is 2.08. The van der Waals surface area contributed by atoms with Crippen LogP contribution in [0.25, 0.3) is 0 Å². The zero-order valence-electron chi connectivity index (χ0n) is 10.2. The highest BCUT2D eigenvalue weighted by Gasteiger charge is 2.15. The van der Waals surface area contributed by atoms with Crippen LogP contribution in [0.3, 0.4) is 0 Å². The van der Waals surface area contributed by atoms with Crippen LogP contribution in [0, 0.1) is 0 Å². The number of likely N-dealkylation sites (N-methyl/N-ethyl adjacent to an activating group) is 1. The van der Waals surface area contributed by atoms with Crippen LogP contribution < -0.4 is 0 Å². The van der Waals surface area contributed by atoms with Gasteiger partial charge >= 0.3 is 0 Å². The number of benzene rings is 1. The van der Waals surface area contributed by atoms with Gasteiger partial charge in [-0.3, -0.25) is 0 Å². The van der Waals surface area contributed by atoms with E-state index in [0.29, 0.717) is 12.5 Å². The molecule has 0 saturated carbocycles. The van der Waals surface area contributed by atoms with Crippen molar-refractivity contribution in [3.8, 4) is 0 Å². The van der Waals surface area contributed by atoms with Crippen LogP contribution in [0.15, 0.2) is 30.3 Å². The minimum absolute atomic E-state index is 0.576. The molecule has 0 heterocycles. The third-order valence-electron chi connectivity index (χ3n) is 2.52. The Morgan fingerprint density at radius 2 is 1.81 bits per heavy atom. The fraction of sp³-hybridized carbons (Fsp3) is 0.538. The smallest absolute Gasteiger partial charge is 0.104 e. The molecule has 0 aliphatic carbocycles. The third kappa shape index (κ3) is 5.50. The van der Waals surface area contributed by atoms with Gasteiger partial charge in [-0.15, -0.1) is 11.6 Å². The third-order valence-corrected chi connectivity index (χ3v) is 2.67. The van der Waals surface area contributed by atoms with Crippen LogP contribution in [0.5, 0.6) is 0 Å². The largest absolute Gasteiger partial charge is 0.374 e. The standard InChI is InChI=1S/C13H21ClNO/c1-15(2,9-11-16-10-8-14)12-13-6-4-3-5-7-13/h3-7H,8-12H2,1-2H3/q+1. The van der Waals surface area contributed by atoms with E-state index in [2.05, 4.69) is 38.4 Å². The van der Waals surface area contributed by atoms with E-state index in [1.807, 2.05) is 6.07 Å². The summed E-state index contributed by atoms with van der Waals surface area (Å²) in [6, 6.07) is 10.5. The molecule has 1 rings (SSSR count). The lowest BCUT2D eigenvalue weighted by atomic mass is 10.2. The molecule has 1 aromatic rings. The summed E-state index contributed by atoms with van der Waals surface area (Å²) in [4.78, 5) is 0. The molecule has 0 aromatic heterocycles. The number of halogens is 1. The molecule has 1 aromatic carbocycles. The number of nitrogens with zero attached hydrogens (tertiary/aromatic N) is 1. The topological polar surface area (TPSA) is 9.23 Å². The zero-order chi connectivity index (χ0) is 11.9. The van der Waals surface area contributed by atoms with Crippen molar-refractivity contribution in [1.29, 1.82) is 0 Å². The van der Waals surface area contributed by atoms with Crippen LogP contribution in [-0.4, -0.2) is 44.2 Å². The van der Waals surface area contributed by atoms with Gasteiger partial charge in [0.05, 0.1) is 27.3 Å². The Kier molecular flexibility index (Phi) is 5.81. The second-order valence-corrected chi connectivity index (χ2v) is 4.98. The zero-order valence-corrected chi connectivity index (χ0v) is 10.9. The van der Waals surface area contributed by atoms with Gasteiger partial charge < -0.3 is 9.22 Å². The molecule has 0 saturated heterocycles. The monoisotopic (exact) mass is 242 g/mol. The van der Waals surface area contributed by atoms with E-state index in [1.165, 1.54) is 5.56 Å². The van der Waals surface area contributed by atoms with Gasteiger partial charge in [0.25, 0.3) is 0 Å². The van der Waals surface area contributed by atoms with Crippen LogP contribution in [0.1, 0.15) is 5.56 Å². The molecule has 0 spiro atoms. The van der Waals surface area contributed by atoms with Crippen molar-refractivity contribution < 1.29 is 9.22 Å². The summed E-state index contributed by atoms with van der Waals surface area (Å²) in [6.07, 6.45) is 0. The molecule has 0 aliphatic rings. The summed E-state index contributed by atoms with van der Waals surface area (Å²) < 4.78 is 6.35. The minimum atomic E-state index is 0.576. The Labute approximate surface area is 103 Å². The van der Waals surface area contributed by atoms with Gasteiger partial charge in [0.1, 0.15) is 13.1 Å². The first-order valence-electron chi connectivity index (χ1n) is 5.64. The summed E-state index contributed by atoms with van der Waals surface area (Å²) in [7, 11) is 4.44. The first kappa shape index (κ1) is 13.5. The SMILES string of the molecule is C[N+](C)(CCOCCCl)Cc1ccccc1. The van der Waals surface area contributed by atoms with Crippen molar-refractivity contribution >= 4 is 11.6 Å². The van der Waals surface area contributed by atoms with Crippen molar-refractivity contribution in [2.24, 2.45) is 0 Å². The van der Waals surface area contributed by atoms with Crippen LogP contribution in [-0.2, 0) is 11.3 Å². The van der Waals surface area contributed by atoms with Crippen LogP contribution >= 0.6 is 11.6 Å². The van der Waals surface area contributed by atoms with Crippen molar-refractivity contribution in [1.82, 2.24) is 0 Å². The number of hydrogen-bond acceptors (Lipinski definition) is 1. The summed E-state index contributed by atoms with van der Waals surface area (Å²) in [6.45, 7) is 3.45. The average Bonchev–Trinajstić information content (AvgIpc) is 2.25. The van der Waals surface area contributed by atoms with Crippen LogP contribution in [0.2, 0.25) is 0 Å². The van der Waals surface area contributed by atoms with E-state index < -0.39 is 0 Å². The minimum Gasteiger partial charge on any atom is -0.374 e. The summed E-state index contributed by atoms with van der Waals surface area (Å²) in [5.41, 5.74) is 1.37. The molecule has 3 heteroatoms. The molecular weight excluding hydrogens is 222 g/mol. The Bertz CT molecular complexity index is 287. The first-order chi connectivity index (χ1) is 7.64. The molecule has 0 aliphatic heterocycles. The summed E-state index contributed by atoms with van der Waals surface area (Å²) in [5, 5.41) is 0. The van der Waals surface area contributed by atoms with E-state index >= 15 is 0 Å². The molecule has 0 unspecified atom stereocenters. The summed E-state index contributed by atoms with van der Waals surface area (Å²) >= 11 is 5.55. The number of alkyl halides is 1. The average molecular weight is 243 g/mol. The molecule has 0 radical (unpaired) electrons. The molecule has 16 heavy (non-hydrogen) atoms. The number of hydrogen-bond donors (Lipinski definition) is 0. The van der Waals surface area contributed by atoms with Gasteiger partial charge in [-0.25, -0.2) is 0 Å².